The first-order chi connectivity index (χ1) is 9.61. The van der Waals surface area contributed by atoms with Gasteiger partial charge in [0.25, 0.3) is 0 Å². The molecule has 0 radical (unpaired) electrons. The average Bonchev–Trinajstić information content (AvgIpc) is 2.43. The minimum absolute atomic E-state index is 0.257. The molecular formula is C15H22BrNO3. The Kier molecular flexibility index (Phi) is 8.30. The van der Waals surface area contributed by atoms with Gasteiger partial charge in [-0.15, -0.1) is 0 Å². The van der Waals surface area contributed by atoms with E-state index in [-0.39, 0.29) is 6.42 Å². The van der Waals surface area contributed by atoms with Crippen molar-refractivity contribution in [1.82, 2.24) is 4.90 Å². The molecule has 1 aromatic rings. The van der Waals surface area contributed by atoms with Gasteiger partial charge in [0.05, 0.1) is 0 Å². The number of ether oxygens (including phenoxy) is 1. The van der Waals surface area contributed by atoms with Crippen LogP contribution in [0.2, 0.25) is 0 Å². The van der Waals surface area contributed by atoms with Crippen LogP contribution in [0.15, 0.2) is 28.7 Å². The van der Waals surface area contributed by atoms with Crippen molar-refractivity contribution < 1.29 is 14.6 Å². The van der Waals surface area contributed by atoms with Gasteiger partial charge in [-0.3, -0.25) is 4.79 Å². The summed E-state index contributed by atoms with van der Waals surface area (Å²) < 4.78 is 6.72. The first-order valence-corrected chi connectivity index (χ1v) is 7.73. The second kappa shape index (κ2) is 9.77. The van der Waals surface area contributed by atoms with Gasteiger partial charge in [0.1, 0.15) is 12.4 Å². The maximum Gasteiger partial charge on any atom is 0.303 e. The third kappa shape index (κ3) is 7.50. The molecule has 1 aromatic carbocycles. The standard InChI is InChI=1S/C15H22BrNO3/c1-2-17(10-4-3-5-15(18)19)11-12-20-14-8-6-13(16)7-9-14/h6-9H,2-5,10-12H2,1H3,(H,18,19). The van der Waals surface area contributed by atoms with Crippen molar-refractivity contribution in [2.45, 2.75) is 26.2 Å². The summed E-state index contributed by atoms with van der Waals surface area (Å²) in [6, 6.07) is 7.79. The van der Waals surface area contributed by atoms with Crippen LogP contribution in [0, 0.1) is 0 Å². The normalized spacial score (nSPS) is 10.8. The van der Waals surface area contributed by atoms with Crippen LogP contribution >= 0.6 is 15.9 Å². The molecule has 0 saturated carbocycles. The molecule has 1 N–H and O–H groups in total. The Labute approximate surface area is 128 Å². The number of likely N-dealkylation sites (N-methyl/N-ethyl adjacent to an activating group) is 1. The van der Waals surface area contributed by atoms with E-state index in [1.165, 1.54) is 0 Å². The summed E-state index contributed by atoms with van der Waals surface area (Å²) in [4.78, 5) is 12.7. The summed E-state index contributed by atoms with van der Waals surface area (Å²) >= 11 is 3.39. The number of hydrogen-bond acceptors (Lipinski definition) is 3. The zero-order valence-corrected chi connectivity index (χ0v) is 13.4. The highest BCUT2D eigenvalue weighted by atomic mass is 79.9. The fraction of sp³-hybridized carbons (Fsp3) is 0.533. The third-order valence-corrected chi connectivity index (χ3v) is 3.58. The summed E-state index contributed by atoms with van der Waals surface area (Å²) in [6.07, 6.45) is 1.91. The number of aliphatic carboxylic acids is 1. The highest BCUT2D eigenvalue weighted by Gasteiger charge is 2.04. The third-order valence-electron chi connectivity index (χ3n) is 3.05. The molecule has 0 aliphatic carbocycles. The quantitative estimate of drug-likeness (QED) is 0.661. The Morgan fingerprint density at radius 1 is 1.25 bits per heavy atom. The monoisotopic (exact) mass is 343 g/mol. The molecule has 0 heterocycles. The molecule has 20 heavy (non-hydrogen) atoms. The molecule has 5 heteroatoms. The molecule has 1 rings (SSSR count). The van der Waals surface area contributed by atoms with Gasteiger partial charge in [0.2, 0.25) is 0 Å². The lowest BCUT2D eigenvalue weighted by Gasteiger charge is -2.20. The van der Waals surface area contributed by atoms with Gasteiger partial charge in [-0.1, -0.05) is 22.9 Å². The molecule has 0 fully saturated rings. The molecular weight excluding hydrogens is 322 g/mol. The molecule has 0 amide bonds. The number of halogens is 1. The van der Waals surface area contributed by atoms with E-state index in [1.54, 1.807) is 0 Å². The summed E-state index contributed by atoms with van der Waals surface area (Å²) in [5, 5.41) is 8.59. The number of carboxylic acid groups (broad SMARTS) is 1. The first kappa shape index (κ1) is 17.0. The highest BCUT2D eigenvalue weighted by Crippen LogP contribution is 2.15. The first-order valence-electron chi connectivity index (χ1n) is 6.94. The number of rotatable bonds is 10. The zero-order chi connectivity index (χ0) is 14.8. The fourth-order valence-electron chi connectivity index (χ4n) is 1.86. The van der Waals surface area contributed by atoms with Gasteiger partial charge in [0.15, 0.2) is 0 Å². The lowest BCUT2D eigenvalue weighted by Crippen LogP contribution is -2.29. The van der Waals surface area contributed by atoms with Crippen molar-refractivity contribution in [3.63, 3.8) is 0 Å². The summed E-state index contributed by atoms with van der Waals surface area (Å²) in [5.74, 6) is 0.154. The van der Waals surface area contributed by atoms with Gasteiger partial charge in [-0.05, 0) is 50.2 Å². The van der Waals surface area contributed by atoms with Crippen LogP contribution in [0.25, 0.3) is 0 Å². The predicted octanol–water partition coefficient (Wildman–Crippen LogP) is 3.40. The van der Waals surface area contributed by atoms with Crippen molar-refractivity contribution in [3.05, 3.63) is 28.7 Å². The SMILES string of the molecule is CCN(CCCCC(=O)O)CCOc1ccc(Br)cc1. The Morgan fingerprint density at radius 2 is 1.95 bits per heavy atom. The minimum Gasteiger partial charge on any atom is -0.492 e. The van der Waals surface area contributed by atoms with Crippen LogP contribution in [-0.4, -0.2) is 42.2 Å². The predicted molar refractivity (Wildman–Crippen MR) is 83.2 cm³/mol. The molecule has 0 unspecified atom stereocenters. The molecule has 0 aliphatic heterocycles. The van der Waals surface area contributed by atoms with E-state index in [0.29, 0.717) is 6.61 Å². The van der Waals surface area contributed by atoms with E-state index in [0.717, 1.165) is 42.7 Å². The van der Waals surface area contributed by atoms with E-state index in [4.69, 9.17) is 9.84 Å². The molecule has 0 aromatic heterocycles. The molecule has 0 bridgehead atoms. The maximum absolute atomic E-state index is 10.4. The van der Waals surface area contributed by atoms with Crippen LogP contribution in [-0.2, 0) is 4.79 Å². The van der Waals surface area contributed by atoms with Crippen molar-refractivity contribution >= 4 is 21.9 Å². The summed E-state index contributed by atoms with van der Waals surface area (Å²) in [6.45, 7) is 5.50. The largest absolute Gasteiger partial charge is 0.492 e. The van der Waals surface area contributed by atoms with Crippen LogP contribution in [0.4, 0.5) is 0 Å². The number of carbonyl (C=O) groups is 1. The number of unbranched alkanes of at least 4 members (excludes halogenated alkanes) is 1. The molecule has 0 spiro atoms. The number of benzene rings is 1. The molecule has 0 aliphatic rings. The number of carboxylic acids is 1. The fourth-order valence-corrected chi connectivity index (χ4v) is 2.13. The molecule has 112 valence electrons. The van der Waals surface area contributed by atoms with Gasteiger partial charge in [-0.2, -0.15) is 0 Å². The van der Waals surface area contributed by atoms with Crippen molar-refractivity contribution in [3.8, 4) is 5.75 Å². The minimum atomic E-state index is -0.716. The summed E-state index contributed by atoms with van der Waals surface area (Å²) in [5.41, 5.74) is 0. The Morgan fingerprint density at radius 3 is 2.55 bits per heavy atom. The Bertz CT molecular complexity index is 395. The number of hydrogen-bond donors (Lipinski definition) is 1. The Balaban J connectivity index is 2.17. The van der Waals surface area contributed by atoms with E-state index in [9.17, 15) is 4.79 Å². The maximum atomic E-state index is 10.4. The molecule has 4 nitrogen and oxygen atoms in total. The van der Waals surface area contributed by atoms with E-state index >= 15 is 0 Å². The second-order valence-corrected chi connectivity index (χ2v) is 5.50. The van der Waals surface area contributed by atoms with E-state index in [2.05, 4.69) is 27.8 Å². The topological polar surface area (TPSA) is 49.8 Å². The summed E-state index contributed by atoms with van der Waals surface area (Å²) in [7, 11) is 0. The van der Waals surface area contributed by atoms with Crippen molar-refractivity contribution in [1.29, 1.82) is 0 Å². The molecule has 0 atom stereocenters. The van der Waals surface area contributed by atoms with Gasteiger partial charge in [-0.25, -0.2) is 0 Å². The average molecular weight is 344 g/mol. The zero-order valence-electron chi connectivity index (χ0n) is 11.8. The van der Waals surface area contributed by atoms with Crippen molar-refractivity contribution in [2.24, 2.45) is 0 Å². The van der Waals surface area contributed by atoms with E-state index < -0.39 is 5.97 Å². The van der Waals surface area contributed by atoms with E-state index in [1.807, 2.05) is 24.3 Å². The van der Waals surface area contributed by atoms with Crippen molar-refractivity contribution in [2.75, 3.05) is 26.2 Å². The second-order valence-electron chi connectivity index (χ2n) is 4.59. The van der Waals surface area contributed by atoms with Gasteiger partial charge in [0, 0.05) is 17.4 Å². The number of nitrogens with zero attached hydrogens (tertiary/aromatic N) is 1. The van der Waals surface area contributed by atoms with Crippen LogP contribution in [0.5, 0.6) is 5.75 Å². The lowest BCUT2D eigenvalue weighted by molar-refractivity contribution is -0.137. The van der Waals surface area contributed by atoms with Gasteiger partial charge >= 0.3 is 5.97 Å². The molecule has 0 saturated heterocycles. The van der Waals surface area contributed by atoms with Gasteiger partial charge < -0.3 is 14.7 Å². The lowest BCUT2D eigenvalue weighted by atomic mass is 10.2. The van der Waals surface area contributed by atoms with Crippen LogP contribution in [0.1, 0.15) is 26.2 Å². The van der Waals surface area contributed by atoms with Crippen LogP contribution in [0.3, 0.4) is 0 Å². The van der Waals surface area contributed by atoms with Crippen LogP contribution < -0.4 is 4.74 Å². The smallest absolute Gasteiger partial charge is 0.303 e. The Hall–Kier alpha value is -1.07. The highest BCUT2D eigenvalue weighted by molar-refractivity contribution is 9.10.